The quantitative estimate of drug-likeness (QED) is 0.710. The zero-order valence-corrected chi connectivity index (χ0v) is 15.7. The van der Waals surface area contributed by atoms with Crippen molar-refractivity contribution < 1.29 is 17.5 Å². The average Bonchev–Trinajstić information content (AvgIpc) is 2.74. The second kappa shape index (κ2) is 5.80. The van der Waals surface area contributed by atoms with E-state index in [1.54, 1.807) is 3.61 Å². The van der Waals surface area contributed by atoms with Crippen LogP contribution in [-0.4, -0.2) is 30.8 Å². The average molecular weight is 408 g/mol. The predicted molar refractivity (Wildman–Crippen MR) is 82.1 cm³/mol. The number of hydrogen-bond donors (Lipinski definition) is 1. The minimum Gasteiger partial charge on any atom is -1.00 e. The Bertz CT molecular complexity index is 461. The topological polar surface area (TPSA) is 20.2 Å². The molecule has 0 heterocycles. The standard InChI is InChI=1S/C17H25OTe.ClH/c1-16(2)13-9-10-17(16,15(18)11-13)12-19(3)14-7-5-4-6-8-14;/h4-8,13,15,18H,9-12H2,1-3H3;1H/q+1;/p-1/t13-,15-,17-;/m1./s1. The molecule has 3 atom stereocenters. The summed E-state index contributed by atoms with van der Waals surface area (Å²) in [5.74, 6) is 0.754. The van der Waals surface area contributed by atoms with Gasteiger partial charge in [0.1, 0.15) is 0 Å². The molecule has 2 bridgehead atoms. The van der Waals surface area contributed by atoms with E-state index in [2.05, 4.69) is 49.2 Å². The first-order valence-electron chi connectivity index (χ1n) is 7.33. The Balaban J connectivity index is 0.00000147. The SMILES string of the molecule is C[Te+](C[C@]12CC[C@H](C[C@H]1O)C2(C)C)c1ccccc1.[Cl-]. The molecule has 2 aliphatic rings. The van der Waals surface area contributed by atoms with Crippen LogP contribution in [0.3, 0.4) is 0 Å². The van der Waals surface area contributed by atoms with E-state index >= 15 is 0 Å². The summed E-state index contributed by atoms with van der Waals surface area (Å²) in [6, 6.07) is 11.0. The number of benzene rings is 1. The molecule has 2 aliphatic carbocycles. The van der Waals surface area contributed by atoms with Gasteiger partial charge in [0, 0.05) is 0 Å². The smallest absolute Gasteiger partial charge is 1.00 e. The van der Waals surface area contributed by atoms with Crippen molar-refractivity contribution in [2.45, 2.75) is 48.7 Å². The van der Waals surface area contributed by atoms with Crippen LogP contribution >= 0.6 is 0 Å². The summed E-state index contributed by atoms with van der Waals surface area (Å²) in [6.07, 6.45) is 3.59. The number of aliphatic hydroxyl groups excluding tert-OH is 1. The summed E-state index contributed by atoms with van der Waals surface area (Å²) in [7, 11) is 0. The molecule has 0 amide bonds. The number of aliphatic hydroxyl groups is 1. The third-order valence-electron chi connectivity index (χ3n) is 6.01. The molecular formula is C17H25ClOTe. The normalized spacial score (nSPS) is 34.2. The predicted octanol–water partition coefficient (Wildman–Crippen LogP) is 0.209. The number of hydrogen-bond acceptors (Lipinski definition) is 1. The Hall–Kier alpha value is 0.260. The van der Waals surface area contributed by atoms with Gasteiger partial charge in [-0.25, -0.2) is 0 Å². The number of fused-ring (bicyclic) bond motifs is 2. The van der Waals surface area contributed by atoms with Gasteiger partial charge < -0.3 is 12.4 Å². The van der Waals surface area contributed by atoms with Gasteiger partial charge in [-0.15, -0.1) is 0 Å². The van der Waals surface area contributed by atoms with Crippen molar-refractivity contribution in [2.75, 3.05) is 0 Å². The van der Waals surface area contributed by atoms with Gasteiger partial charge in [0.15, 0.2) is 0 Å². The Morgan fingerprint density at radius 3 is 2.40 bits per heavy atom. The summed E-state index contributed by atoms with van der Waals surface area (Å²) in [5, 5.41) is 10.6. The molecule has 0 saturated heterocycles. The molecule has 1 nitrogen and oxygen atoms in total. The largest absolute Gasteiger partial charge is 1.00 e. The molecule has 1 aromatic rings. The van der Waals surface area contributed by atoms with Gasteiger partial charge in [0.2, 0.25) is 0 Å². The Kier molecular flexibility index (Phi) is 4.83. The first-order valence-corrected chi connectivity index (χ1v) is 12.5. The molecule has 3 rings (SSSR count). The number of halogens is 1. The van der Waals surface area contributed by atoms with Crippen LogP contribution in [-0.2, 0) is 0 Å². The van der Waals surface area contributed by atoms with Gasteiger partial charge in [-0.3, -0.25) is 0 Å². The van der Waals surface area contributed by atoms with Crippen LogP contribution in [0.4, 0.5) is 0 Å². The van der Waals surface area contributed by atoms with Crippen molar-refractivity contribution in [2.24, 2.45) is 16.7 Å². The zero-order valence-electron chi connectivity index (χ0n) is 12.6. The second-order valence-electron chi connectivity index (χ2n) is 6.96. The van der Waals surface area contributed by atoms with Crippen LogP contribution in [0.15, 0.2) is 30.3 Å². The van der Waals surface area contributed by atoms with Crippen LogP contribution in [0.2, 0.25) is 9.44 Å². The van der Waals surface area contributed by atoms with Gasteiger partial charge in [-0.1, -0.05) is 0 Å². The maximum absolute atomic E-state index is 10.6. The maximum Gasteiger partial charge on any atom is -1.00 e. The Labute approximate surface area is 136 Å². The van der Waals surface area contributed by atoms with Crippen molar-refractivity contribution in [3.8, 4) is 0 Å². The van der Waals surface area contributed by atoms with Crippen molar-refractivity contribution in [3.05, 3.63) is 30.3 Å². The summed E-state index contributed by atoms with van der Waals surface area (Å²) in [4.78, 5) is 2.49. The van der Waals surface area contributed by atoms with E-state index in [1.807, 2.05) is 0 Å². The van der Waals surface area contributed by atoms with Gasteiger partial charge >= 0.3 is 124 Å². The molecule has 1 aromatic carbocycles. The number of rotatable bonds is 3. The molecular weight excluding hydrogens is 383 g/mol. The van der Waals surface area contributed by atoms with E-state index in [9.17, 15) is 5.11 Å². The van der Waals surface area contributed by atoms with Crippen LogP contribution in [0.5, 0.6) is 0 Å². The molecule has 2 fully saturated rings. The van der Waals surface area contributed by atoms with Gasteiger partial charge in [-0.05, 0) is 0 Å². The van der Waals surface area contributed by atoms with Gasteiger partial charge in [-0.2, -0.15) is 0 Å². The van der Waals surface area contributed by atoms with E-state index in [0.29, 0.717) is 5.41 Å². The van der Waals surface area contributed by atoms with Crippen molar-refractivity contribution in [1.82, 2.24) is 0 Å². The molecule has 112 valence electrons. The molecule has 3 heteroatoms. The third kappa shape index (κ3) is 2.34. The van der Waals surface area contributed by atoms with E-state index in [0.717, 1.165) is 12.3 Å². The van der Waals surface area contributed by atoms with Crippen molar-refractivity contribution in [1.29, 1.82) is 0 Å². The molecule has 0 aliphatic heterocycles. The van der Waals surface area contributed by atoms with Crippen LogP contribution in [0.1, 0.15) is 33.1 Å². The van der Waals surface area contributed by atoms with E-state index < -0.39 is 19.6 Å². The maximum atomic E-state index is 10.6. The Morgan fingerprint density at radius 1 is 1.25 bits per heavy atom. The van der Waals surface area contributed by atoms with Crippen molar-refractivity contribution >= 4 is 23.2 Å². The van der Waals surface area contributed by atoms with Crippen LogP contribution < -0.4 is 16.0 Å². The van der Waals surface area contributed by atoms with E-state index in [4.69, 9.17) is 0 Å². The summed E-state index contributed by atoms with van der Waals surface area (Å²) in [6.45, 7) is 4.83. The minimum absolute atomic E-state index is 0. The first-order chi connectivity index (χ1) is 8.97. The second-order valence-corrected chi connectivity index (χ2v) is 12.8. The van der Waals surface area contributed by atoms with Gasteiger partial charge in [0.25, 0.3) is 0 Å². The summed E-state index contributed by atoms with van der Waals surface area (Å²) in [5.41, 5.74) is 0.565. The van der Waals surface area contributed by atoms with E-state index in [-0.39, 0.29) is 23.9 Å². The summed E-state index contributed by atoms with van der Waals surface area (Å²) >= 11 is -1.29. The van der Waals surface area contributed by atoms with Gasteiger partial charge in [0.05, 0.1) is 0 Å². The monoisotopic (exact) mass is 410 g/mol. The molecule has 0 unspecified atom stereocenters. The fourth-order valence-electron chi connectivity index (χ4n) is 4.50. The molecule has 0 aromatic heterocycles. The fourth-order valence-corrected chi connectivity index (χ4v) is 11.0. The van der Waals surface area contributed by atoms with Crippen LogP contribution in [0, 0.1) is 16.7 Å². The molecule has 0 spiro atoms. The molecule has 1 N–H and O–H groups in total. The molecule has 2 saturated carbocycles. The summed E-state index contributed by atoms with van der Waals surface area (Å²) < 4.78 is 2.88. The van der Waals surface area contributed by atoms with Crippen molar-refractivity contribution in [3.63, 3.8) is 0 Å². The zero-order chi connectivity index (χ0) is 13.7. The van der Waals surface area contributed by atoms with Crippen LogP contribution in [0.25, 0.3) is 0 Å². The minimum atomic E-state index is -1.29. The fraction of sp³-hybridized carbons (Fsp3) is 0.647. The molecule has 0 radical (unpaired) electrons. The third-order valence-corrected chi connectivity index (χ3v) is 11.8. The first kappa shape index (κ1) is 16.6. The Morgan fingerprint density at radius 2 is 1.90 bits per heavy atom. The van der Waals surface area contributed by atoms with E-state index in [1.165, 1.54) is 17.3 Å². The molecule has 20 heavy (non-hydrogen) atoms.